The Balaban J connectivity index is 2.54. The zero-order valence-corrected chi connectivity index (χ0v) is 13.1. The van der Waals surface area contributed by atoms with E-state index >= 15 is 0 Å². The SMILES string of the molecule is CCNC(c1cc(Cl)sc1Cl)c1c(F)cccc1Cl. The van der Waals surface area contributed by atoms with Crippen molar-refractivity contribution in [2.45, 2.75) is 13.0 Å². The molecule has 1 aromatic heterocycles. The summed E-state index contributed by atoms with van der Waals surface area (Å²) in [6.45, 7) is 2.59. The first-order valence-electron chi connectivity index (χ1n) is 5.66. The van der Waals surface area contributed by atoms with E-state index in [0.717, 1.165) is 5.56 Å². The van der Waals surface area contributed by atoms with Gasteiger partial charge in [0.25, 0.3) is 0 Å². The van der Waals surface area contributed by atoms with Crippen molar-refractivity contribution < 1.29 is 4.39 Å². The van der Waals surface area contributed by atoms with Crippen LogP contribution in [0.1, 0.15) is 24.1 Å². The van der Waals surface area contributed by atoms with Gasteiger partial charge in [0.1, 0.15) is 5.82 Å². The first-order chi connectivity index (χ1) is 9.04. The maximum atomic E-state index is 14.1. The van der Waals surface area contributed by atoms with Gasteiger partial charge in [0.2, 0.25) is 0 Å². The molecule has 1 atom stereocenters. The highest BCUT2D eigenvalue weighted by Gasteiger charge is 2.23. The van der Waals surface area contributed by atoms with Crippen molar-refractivity contribution in [1.29, 1.82) is 0 Å². The third-order valence-corrected chi connectivity index (χ3v) is 4.54. The van der Waals surface area contributed by atoms with Gasteiger partial charge in [-0.2, -0.15) is 0 Å². The number of thiophene rings is 1. The van der Waals surface area contributed by atoms with Crippen LogP contribution in [0.15, 0.2) is 24.3 Å². The van der Waals surface area contributed by atoms with Gasteiger partial charge in [0, 0.05) is 16.1 Å². The van der Waals surface area contributed by atoms with E-state index in [1.54, 1.807) is 18.2 Å². The minimum absolute atomic E-state index is 0.364. The Morgan fingerprint density at radius 1 is 1.32 bits per heavy atom. The summed E-state index contributed by atoms with van der Waals surface area (Å²) in [5.41, 5.74) is 1.13. The normalized spacial score (nSPS) is 12.7. The molecule has 102 valence electrons. The molecule has 0 saturated heterocycles. The Kier molecular flexibility index (Phi) is 5.09. The van der Waals surface area contributed by atoms with E-state index < -0.39 is 6.04 Å². The molecule has 0 aliphatic carbocycles. The largest absolute Gasteiger partial charge is 0.306 e. The van der Waals surface area contributed by atoms with E-state index in [-0.39, 0.29) is 5.82 Å². The van der Waals surface area contributed by atoms with Crippen LogP contribution in [-0.2, 0) is 0 Å². The highest BCUT2D eigenvalue weighted by atomic mass is 35.5. The van der Waals surface area contributed by atoms with Gasteiger partial charge >= 0.3 is 0 Å². The number of nitrogens with one attached hydrogen (secondary N) is 1. The fourth-order valence-electron chi connectivity index (χ4n) is 1.91. The summed E-state index contributed by atoms with van der Waals surface area (Å²) in [5, 5.41) is 3.56. The Bertz CT molecular complexity index is 565. The molecule has 2 aromatic rings. The molecule has 1 nitrogen and oxygen atoms in total. The molecule has 1 unspecified atom stereocenters. The fraction of sp³-hybridized carbons (Fsp3) is 0.231. The monoisotopic (exact) mass is 337 g/mol. The zero-order valence-electron chi connectivity index (χ0n) is 10.0. The molecular weight excluding hydrogens is 328 g/mol. The number of hydrogen-bond acceptors (Lipinski definition) is 2. The predicted octanol–water partition coefficient (Wildman–Crippen LogP) is 5.55. The van der Waals surface area contributed by atoms with E-state index in [4.69, 9.17) is 34.8 Å². The van der Waals surface area contributed by atoms with Gasteiger partial charge in [0.05, 0.1) is 14.7 Å². The molecule has 2 rings (SSSR count). The van der Waals surface area contributed by atoms with Crippen molar-refractivity contribution in [2.24, 2.45) is 0 Å². The summed E-state index contributed by atoms with van der Waals surface area (Å²) in [6, 6.07) is 5.95. The zero-order chi connectivity index (χ0) is 14.0. The average Bonchev–Trinajstić information content (AvgIpc) is 2.67. The van der Waals surface area contributed by atoms with Gasteiger partial charge in [-0.05, 0) is 24.7 Å². The molecule has 1 heterocycles. The van der Waals surface area contributed by atoms with E-state index in [2.05, 4.69) is 5.32 Å². The summed E-state index contributed by atoms with van der Waals surface area (Å²) in [7, 11) is 0. The number of halogens is 4. The molecular formula is C13H11Cl3FNS. The molecule has 0 aliphatic rings. The molecule has 0 saturated carbocycles. The number of rotatable bonds is 4. The van der Waals surface area contributed by atoms with E-state index in [0.29, 0.717) is 25.8 Å². The summed E-state index contributed by atoms with van der Waals surface area (Å²) < 4.78 is 15.2. The minimum Gasteiger partial charge on any atom is -0.306 e. The smallest absolute Gasteiger partial charge is 0.129 e. The third kappa shape index (κ3) is 3.23. The van der Waals surface area contributed by atoms with Crippen LogP contribution in [0, 0.1) is 5.82 Å². The molecule has 0 amide bonds. The van der Waals surface area contributed by atoms with Crippen molar-refractivity contribution in [3.8, 4) is 0 Å². The van der Waals surface area contributed by atoms with Crippen LogP contribution in [0.25, 0.3) is 0 Å². The van der Waals surface area contributed by atoms with E-state index in [9.17, 15) is 4.39 Å². The lowest BCUT2D eigenvalue weighted by atomic mass is 10.0. The van der Waals surface area contributed by atoms with Crippen molar-refractivity contribution >= 4 is 46.1 Å². The molecule has 0 radical (unpaired) electrons. The van der Waals surface area contributed by atoms with Crippen LogP contribution in [0.4, 0.5) is 4.39 Å². The number of benzene rings is 1. The molecule has 1 aromatic carbocycles. The van der Waals surface area contributed by atoms with Crippen molar-refractivity contribution in [2.75, 3.05) is 6.54 Å². The second-order valence-corrected chi connectivity index (χ2v) is 6.60. The van der Waals surface area contributed by atoms with Gasteiger partial charge in [-0.25, -0.2) is 4.39 Å². The number of hydrogen-bond donors (Lipinski definition) is 1. The Morgan fingerprint density at radius 2 is 2.05 bits per heavy atom. The standard InChI is InChI=1S/C13H11Cl3FNS/c1-2-18-12(7-6-10(15)19-13(7)16)11-8(14)4-3-5-9(11)17/h3-6,12,18H,2H2,1H3. The molecule has 6 heteroatoms. The average molecular weight is 339 g/mol. The van der Waals surface area contributed by atoms with Crippen LogP contribution in [0.5, 0.6) is 0 Å². The molecule has 0 bridgehead atoms. The van der Waals surface area contributed by atoms with E-state index in [1.807, 2.05) is 6.92 Å². The second kappa shape index (κ2) is 6.42. The van der Waals surface area contributed by atoms with Crippen molar-refractivity contribution in [3.63, 3.8) is 0 Å². The first kappa shape index (κ1) is 15.1. The molecule has 1 N–H and O–H groups in total. The van der Waals surface area contributed by atoms with Gasteiger partial charge in [-0.3, -0.25) is 0 Å². The summed E-state index contributed by atoms with van der Waals surface area (Å²) >= 11 is 19.5. The van der Waals surface area contributed by atoms with Crippen LogP contribution in [0.3, 0.4) is 0 Å². The van der Waals surface area contributed by atoms with Crippen LogP contribution in [-0.4, -0.2) is 6.54 Å². The molecule has 0 fully saturated rings. The Morgan fingerprint density at radius 3 is 2.58 bits per heavy atom. The maximum Gasteiger partial charge on any atom is 0.129 e. The highest BCUT2D eigenvalue weighted by Crippen LogP contribution is 2.39. The second-order valence-electron chi connectivity index (χ2n) is 3.91. The molecule has 0 aliphatic heterocycles. The van der Waals surface area contributed by atoms with Gasteiger partial charge in [-0.1, -0.05) is 47.8 Å². The molecule has 19 heavy (non-hydrogen) atoms. The van der Waals surface area contributed by atoms with Gasteiger partial charge in [-0.15, -0.1) is 11.3 Å². The third-order valence-electron chi connectivity index (χ3n) is 2.69. The Labute approximate surface area is 130 Å². The Hall–Kier alpha value is -0.320. The van der Waals surface area contributed by atoms with Crippen LogP contribution < -0.4 is 5.32 Å². The lowest BCUT2D eigenvalue weighted by Crippen LogP contribution is -2.23. The summed E-state index contributed by atoms with van der Waals surface area (Å²) in [4.78, 5) is 0. The lowest BCUT2D eigenvalue weighted by Gasteiger charge is -2.20. The first-order valence-corrected chi connectivity index (χ1v) is 7.61. The van der Waals surface area contributed by atoms with Crippen molar-refractivity contribution in [1.82, 2.24) is 5.32 Å². The van der Waals surface area contributed by atoms with Crippen LogP contribution >= 0.6 is 46.1 Å². The summed E-state index contributed by atoms with van der Waals surface area (Å²) in [5.74, 6) is -0.364. The minimum atomic E-state index is -0.407. The predicted molar refractivity (Wildman–Crippen MR) is 81.3 cm³/mol. The maximum absolute atomic E-state index is 14.1. The fourth-order valence-corrected chi connectivity index (χ4v) is 3.71. The summed E-state index contributed by atoms with van der Waals surface area (Å²) in [6.07, 6.45) is 0. The van der Waals surface area contributed by atoms with Gasteiger partial charge < -0.3 is 5.32 Å². The van der Waals surface area contributed by atoms with E-state index in [1.165, 1.54) is 17.4 Å². The quantitative estimate of drug-likeness (QED) is 0.771. The topological polar surface area (TPSA) is 12.0 Å². The van der Waals surface area contributed by atoms with Crippen molar-refractivity contribution in [3.05, 3.63) is 54.9 Å². The molecule has 0 spiro atoms. The van der Waals surface area contributed by atoms with Crippen LogP contribution in [0.2, 0.25) is 13.7 Å². The lowest BCUT2D eigenvalue weighted by molar-refractivity contribution is 0.560. The highest BCUT2D eigenvalue weighted by molar-refractivity contribution is 7.20. The van der Waals surface area contributed by atoms with Gasteiger partial charge in [0.15, 0.2) is 0 Å².